The van der Waals surface area contributed by atoms with Crippen molar-refractivity contribution in [3.8, 4) is 11.4 Å². The van der Waals surface area contributed by atoms with Crippen LogP contribution in [-0.4, -0.2) is 26.2 Å². The third-order valence-electron chi connectivity index (χ3n) is 2.81. The lowest BCUT2D eigenvalue weighted by Gasteiger charge is -2.02. The molecule has 0 fully saturated rings. The van der Waals surface area contributed by atoms with E-state index in [9.17, 15) is 4.39 Å². The highest BCUT2D eigenvalue weighted by Crippen LogP contribution is 2.27. The molecule has 6 heteroatoms. The van der Waals surface area contributed by atoms with E-state index in [1.807, 2.05) is 13.0 Å². The zero-order valence-corrected chi connectivity index (χ0v) is 11.3. The molecule has 0 aliphatic carbocycles. The van der Waals surface area contributed by atoms with Gasteiger partial charge in [0.15, 0.2) is 11.6 Å². The number of fused-ring (bicyclic) bond motifs is 1. The van der Waals surface area contributed by atoms with Gasteiger partial charge in [0.05, 0.1) is 6.20 Å². The fourth-order valence-corrected chi connectivity index (χ4v) is 2.34. The molecule has 1 N–H and O–H groups in total. The first-order valence-corrected chi connectivity index (χ1v) is 6.92. The maximum absolute atomic E-state index is 13.4. The Kier molecular flexibility index (Phi) is 2.94. The van der Waals surface area contributed by atoms with Gasteiger partial charge in [-0.1, -0.05) is 0 Å². The van der Waals surface area contributed by atoms with Crippen molar-refractivity contribution in [2.24, 2.45) is 0 Å². The lowest BCUT2D eigenvalue weighted by Crippen LogP contribution is -1.93. The fraction of sp³-hybridized carbons (Fsp3) is 0.154. The molecule has 3 heterocycles. The van der Waals surface area contributed by atoms with E-state index in [0.29, 0.717) is 10.9 Å². The van der Waals surface area contributed by atoms with Gasteiger partial charge in [0.1, 0.15) is 10.7 Å². The zero-order valence-electron chi connectivity index (χ0n) is 10.4. The number of aromatic nitrogens is 4. The van der Waals surface area contributed by atoms with E-state index in [2.05, 4.69) is 19.9 Å². The van der Waals surface area contributed by atoms with Crippen LogP contribution in [0, 0.1) is 12.7 Å². The van der Waals surface area contributed by atoms with Gasteiger partial charge in [-0.2, -0.15) is 0 Å². The lowest BCUT2D eigenvalue weighted by molar-refractivity contribution is 0.580. The topological polar surface area (TPSA) is 54.5 Å². The Balaban J connectivity index is 2.21. The summed E-state index contributed by atoms with van der Waals surface area (Å²) >= 11 is 1.26. The molecule has 3 rings (SSSR count). The number of rotatable bonds is 2. The number of pyridine rings is 1. The number of hydrogen-bond acceptors (Lipinski definition) is 4. The highest BCUT2D eigenvalue weighted by molar-refractivity contribution is 7.98. The summed E-state index contributed by atoms with van der Waals surface area (Å²) in [7, 11) is 0. The second-order valence-electron chi connectivity index (χ2n) is 4.16. The summed E-state index contributed by atoms with van der Waals surface area (Å²) < 4.78 is 13.4. The van der Waals surface area contributed by atoms with Crippen LogP contribution < -0.4 is 0 Å². The van der Waals surface area contributed by atoms with Crippen LogP contribution in [0.25, 0.3) is 22.4 Å². The SMILES string of the molecule is CSc1nc(-c2c[nH]c3ncc(C)cc23)ncc1F. The number of nitrogens with one attached hydrogen (secondary N) is 1. The fourth-order valence-electron chi connectivity index (χ4n) is 1.92. The van der Waals surface area contributed by atoms with Crippen LogP contribution in [0.5, 0.6) is 0 Å². The predicted molar refractivity (Wildman–Crippen MR) is 73.6 cm³/mol. The van der Waals surface area contributed by atoms with E-state index >= 15 is 0 Å². The average molecular weight is 274 g/mol. The van der Waals surface area contributed by atoms with Gasteiger partial charge in [-0.3, -0.25) is 0 Å². The lowest BCUT2D eigenvalue weighted by atomic mass is 10.2. The van der Waals surface area contributed by atoms with Gasteiger partial charge in [0.25, 0.3) is 0 Å². The van der Waals surface area contributed by atoms with Gasteiger partial charge in [0.2, 0.25) is 0 Å². The summed E-state index contributed by atoms with van der Waals surface area (Å²) in [6, 6.07) is 2.01. The summed E-state index contributed by atoms with van der Waals surface area (Å²) in [6.45, 7) is 1.97. The van der Waals surface area contributed by atoms with Gasteiger partial charge in [-0.15, -0.1) is 11.8 Å². The molecule has 19 heavy (non-hydrogen) atoms. The van der Waals surface area contributed by atoms with E-state index in [1.54, 1.807) is 18.6 Å². The second-order valence-corrected chi connectivity index (χ2v) is 4.96. The molecule has 0 aliphatic rings. The first-order valence-electron chi connectivity index (χ1n) is 5.69. The maximum Gasteiger partial charge on any atom is 0.173 e. The largest absolute Gasteiger partial charge is 0.345 e. The number of hydrogen-bond donors (Lipinski definition) is 1. The number of thioether (sulfide) groups is 1. The van der Waals surface area contributed by atoms with Gasteiger partial charge < -0.3 is 4.98 Å². The smallest absolute Gasteiger partial charge is 0.173 e. The Morgan fingerprint density at radius 2 is 2.11 bits per heavy atom. The van der Waals surface area contributed by atoms with Crippen LogP contribution >= 0.6 is 11.8 Å². The molecule has 0 atom stereocenters. The number of aromatic amines is 1. The number of halogens is 1. The monoisotopic (exact) mass is 274 g/mol. The molecule has 96 valence electrons. The third kappa shape index (κ3) is 2.08. The Hall–Kier alpha value is -1.95. The molecule has 0 bridgehead atoms. The highest BCUT2D eigenvalue weighted by Gasteiger charge is 2.12. The highest BCUT2D eigenvalue weighted by atomic mass is 32.2. The maximum atomic E-state index is 13.4. The molecule has 0 aromatic carbocycles. The Labute approximate surface area is 113 Å². The molecular formula is C13H11FN4S. The van der Waals surface area contributed by atoms with E-state index < -0.39 is 5.82 Å². The van der Waals surface area contributed by atoms with E-state index in [1.165, 1.54) is 18.0 Å². The van der Waals surface area contributed by atoms with Crippen LogP contribution in [0.3, 0.4) is 0 Å². The van der Waals surface area contributed by atoms with E-state index in [0.717, 1.165) is 22.2 Å². The van der Waals surface area contributed by atoms with Crippen molar-refractivity contribution in [2.45, 2.75) is 11.9 Å². The van der Waals surface area contributed by atoms with Crippen LogP contribution in [-0.2, 0) is 0 Å². The van der Waals surface area contributed by atoms with Gasteiger partial charge in [-0.25, -0.2) is 19.3 Å². The molecule has 3 aromatic heterocycles. The second kappa shape index (κ2) is 4.62. The number of H-pyrrole nitrogens is 1. The molecule has 0 saturated carbocycles. The molecule has 0 amide bonds. The molecule has 4 nitrogen and oxygen atoms in total. The minimum Gasteiger partial charge on any atom is -0.345 e. The van der Waals surface area contributed by atoms with Gasteiger partial charge >= 0.3 is 0 Å². The minimum absolute atomic E-state index is 0.347. The van der Waals surface area contributed by atoms with Crippen molar-refractivity contribution in [1.29, 1.82) is 0 Å². The summed E-state index contributed by atoms with van der Waals surface area (Å²) in [5, 5.41) is 1.29. The molecule has 0 spiro atoms. The predicted octanol–water partition coefficient (Wildman–Crippen LogP) is 3.19. The third-order valence-corrected chi connectivity index (χ3v) is 3.49. The van der Waals surface area contributed by atoms with Crippen molar-refractivity contribution in [2.75, 3.05) is 6.26 Å². The average Bonchev–Trinajstić information content (AvgIpc) is 2.82. The Bertz CT molecular complexity index is 753. The van der Waals surface area contributed by atoms with Crippen LogP contribution in [0.1, 0.15) is 5.56 Å². The zero-order chi connectivity index (χ0) is 13.4. The van der Waals surface area contributed by atoms with Crippen molar-refractivity contribution >= 4 is 22.8 Å². The summed E-state index contributed by atoms with van der Waals surface area (Å²) in [5.41, 5.74) is 2.67. The van der Waals surface area contributed by atoms with Crippen molar-refractivity contribution in [3.05, 3.63) is 36.0 Å². The molecule has 0 aliphatic heterocycles. The summed E-state index contributed by atoms with van der Waals surface area (Å²) in [5.74, 6) is 0.106. The number of nitrogens with zero attached hydrogens (tertiary/aromatic N) is 3. The quantitative estimate of drug-likeness (QED) is 0.576. The van der Waals surface area contributed by atoms with Gasteiger partial charge in [0, 0.05) is 23.3 Å². The first-order chi connectivity index (χ1) is 9.19. The van der Waals surface area contributed by atoms with E-state index in [4.69, 9.17) is 0 Å². The van der Waals surface area contributed by atoms with Crippen molar-refractivity contribution in [1.82, 2.24) is 19.9 Å². The van der Waals surface area contributed by atoms with Crippen molar-refractivity contribution < 1.29 is 4.39 Å². The normalized spacial score (nSPS) is 11.1. The van der Waals surface area contributed by atoms with Crippen molar-refractivity contribution in [3.63, 3.8) is 0 Å². The Morgan fingerprint density at radius 1 is 1.26 bits per heavy atom. The van der Waals surface area contributed by atoms with Crippen LogP contribution in [0.4, 0.5) is 4.39 Å². The molecular weight excluding hydrogens is 263 g/mol. The minimum atomic E-state index is -0.398. The molecule has 0 saturated heterocycles. The van der Waals surface area contributed by atoms with Crippen LogP contribution in [0.2, 0.25) is 0 Å². The standard InChI is InChI=1S/C13H11FN4S/c1-7-3-8-9(5-16-11(8)15-4-7)12-17-6-10(14)13(18-12)19-2/h3-6H,1-2H3,(H,15,16). The molecule has 3 aromatic rings. The first kappa shape index (κ1) is 12.1. The van der Waals surface area contributed by atoms with E-state index in [-0.39, 0.29) is 0 Å². The Morgan fingerprint density at radius 3 is 2.89 bits per heavy atom. The number of aryl methyl sites for hydroxylation is 1. The molecule has 0 radical (unpaired) electrons. The summed E-state index contributed by atoms with van der Waals surface area (Å²) in [6.07, 6.45) is 6.59. The summed E-state index contributed by atoms with van der Waals surface area (Å²) in [4.78, 5) is 15.7. The van der Waals surface area contributed by atoms with Gasteiger partial charge in [-0.05, 0) is 24.8 Å². The van der Waals surface area contributed by atoms with Crippen LogP contribution in [0.15, 0.2) is 29.7 Å². The molecule has 0 unspecified atom stereocenters.